The summed E-state index contributed by atoms with van der Waals surface area (Å²) in [5.41, 5.74) is 2.59. The van der Waals surface area contributed by atoms with E-state index in [1.807, 2.05) is 31.2 Å². The van der Waals surface area contributed by atoms with Crippen molar-refractivity contribution in [2.24, 2.45) is 0 Å². The fraction of sp³-hybridized carbons (Fsp3) is 0.167. The largest absolute Gasteiger partial charge is 0.324 e. The second-order valence-electron chi connectivity index (χ2n) is 5.71. The SMILES string of the molecule is Cc1ccc(-c2nc(SC(C)C(=O)Nc3cc(Cl)ccc3Cl)n[nH]2)cc1. The van der Waals surface area contributed by atoms with Gasteiger partial charge in [0.05, 0.1) is 16.0 Å². The van der Waals surface area contributed by atoms with Gasteiger partial charge in [0.1, 0.15) is 0 Å². The minimum Gasteiger partial charge on any atom is -0.324 e. The number of nitrogens with zero attached hydrogens (tertiary/aromatic N) is 2. The zero-order valence-electron chi connectivity index (χ0n) is 14.1. The van der Waals surface area contributed by atoms with Gasteiger partial charge in [0.25, 0.3) is 0 Å². The zero-order chi connectivity index (χ0) is 18.7. The van der Waals surface area contributed by atoms with Crippen LogP contribution in [0.3, 0.4) is 0 Å². The molecular weight excluding hydrogens is 391 g/mol. The molecule has 3 rings (SSSR count). The number of aryl methyl sites for hydroxylation is 1. The van der Waals surface area contributed by atoms with Crippen molar-refractivity contribution in [3.63, 3.8) is 0 Å². The third kappa shape index (κ3) is 4.58. The normalized spacial score (nSPS) is 12.0. The molecule has 0 saturated carbocycles. The van der Waals surface area contributed by atoms with E-state index in [1.54, 1.807) is 25.1 Å². The Morgan fingerprint density at radius 3 is 2.65 bits per heavy atom. The average molecular weight is 407 g/mol. The monoisotopic (exact) mass is 406 g/mol. The lowest BCUT2D eigenvalue weighted by molar-refractivity contribution is -0.115. The highest BCUT2D eigenvalue weighted by atomic mass is 35.5. The molecule has 1 aromatic heterocycles. The topological polar surface area (TPSA) is 70.7 Å². The molecule has 3 aromatic rings. The molecule has 134 valence electrons. The summed E-state index contributed by atoms with van der Waals surface area (Å²) in [7, 11) is 0. The number of benzene rings is 2. The van der Waals surface area contributed by atoms with E-state index in [0.717, 1.165) is 5.56 Å². The van der Waals surface area contributed by atoms with Crippen molar-refractivity contribution in [2.45, 2.75) is 24.3 Å². The summed E-state index contributed by atoms with van der Waals surface area (Å²) in [6, 6.07) is 12.9. The highest BCUT2D eigenvalue weighted by Crippen LogP contribution is 2.28. The minimum atomic E-state index is -0.410. The van der Waals surface area contributed by atoms with Crippen LogP contribution in [0.4, 0.5) is 5.69 Å². The second kappa shape index (κ2) is 8.12. The molecule has 2 aromatic carbocycles. The van der Waals surface area contributed by atoms with Crippen LogP contribution in [-0.2, 0) is 4.79 Å². The lowest BCUT2D eigenvalue weighted by Crippen LogP contribution is -2.22. The molecule has 0 aliphatic carbocycles. The van der Waals surface area contributed by atoms with E-state index < -0.39 is 5.25 Å². The second-order valence-corrected chi connectivity index (χ2v) is 7.86. The molecule has 0 aliphatic rings. The number of rotatable bonds is 5. The van der Waals surface area contributed by atoms with Crippen molar-refractivity contribution >= 4 is 46.6 Å². The van der Waals surface area contributed by atoms with Crippen molar-refractivity contribution in [2.75, 3.05) is 5.32 Å². The number of aromatic amines is 1. The molecule has 0 spiro atoms. The number of hydrogen-bond acceptors (Lipinski definition) is 4. The molecule has 1 atom stereocenters. The summed E-state index contributed by atoms with van der Waals surface area (Å²) >= 11 is 13.3. The summed E-state index contributed by atoms with van der Waals surface area (Å²) in [6.07, 6.45) is 0. The molecule has 1 heterocycles. The van der Waals surface area contributed by atoms with Crippen LogP contribution >= 0.6 is 35.0 Å². The van der Waals surface area contributed by atoms with Crippen LogP contribution in [-0.4, -0.2) is 26.3 Å². The number of thioether (sulfide) groups is 1. The molecule has 0 radical (unpaired) electrons. The molecule has 0 bridgehead atoms. The van der Waals surface area contributed by atoms with Gasteiger partial charge in [-0.25, -0.2) is 4.98 Å². The Kier molecular flexibility index (Phi) is 5.86. The highest BCUT2D eigenvalue weighted by molar-refractivity contribution is 8.00. The van der Waals surface area contributed by atoms with Crippen molar-refractivity contribution < 1.29 is 4.79 Å². The maximum Gasteiger partial charge on any atom is 0.237 e. The number of anilines is 1. The maximum atomic E-state index is 12.4. The number of halogens is 2. The third-order valence-electron chi connectivity index (χ3n) is 3.63. The highest BCUT2D eigenvalue weighted by Gasteiger charge is 2.18. The third-order valence-corrected chi connectivity index (χ3v) is 5.15. The number of amides is 1. The summed E-state index contributed by atoms with van der Waals surface area (Å²) < 4.78 is 0. The van der Waals surface area contributed by atoms with E-state index in [1.165, 1.54) is 17.3 Å². The van der Waals surface area contributed by atoms with Gasteiger partial charge in [-0.3, -0.25) is 9.89 Å². The van der Waals surface area contributed by atoms with E-state index >= 15 is 0 Å². The number of H-pyrrole nitrogens is 1. The first-order valence-corrected chi connectivity index (χ1v) is 9.48. The molecule has 2 N–H and O–H groups in total. The van der Waals surface area contributed by atoms with Gasteiger partial charge in [-0.05, 0) is 32.0 Å². The van der Waals surface area contributed by atoms with Crippen molar-refractivity contribution in [3.05, 3.63) is 58.1 Å². The standard InChI is InChI=1S/C18H16Cl2N4OS/c1-10-3-5-12(6-4-10)16-22-18(24-23-16)26-11(2)17(25)21-15-9-13(19)7-8-14(15)20/h3-9,11H,1-2H3,(H,21,25)(H,22,23,24). The van der Waals surface area contributed by atoms with Crippen LogP contribution in [0.25, 0.3) is 11.4 Å². The first-order chi connectivity index (χ1) is 12.4. The van der Waals surface area contributed by atoms with Gasteiger partial charge < -0.3 is 5.32 Å². The van der Waals surface area contributed by atoms with Gasteiger partial charge >= 0.3 is 0 Å². The first-order valence-electron chi connectivity index (χ1n) is 7.84. The number of hydrogen-bond donors (Lipinski definition) is 2. The van der Waals surface area contributed by atoms with Crippen LogP contribution in [0.2, 0.25) is 10.0 Å². The Morgan fingerprint density at radius 1 is 1.19 bits per heavy atom. The molecule has 26 heavy (non-hydrogen) atoms. The predicted octanol–water partition coefficient (Wildman–Crippen LogP) is 5.21. The van der Waals surface area contributed by atoms with Crippen molar-refractivity contribution in [3.8, 4) is 11.4 Å². The summed E-state index contributed by atoms with van der Waals surface area (Å²) in [5, 5.41) is 10.9. The number of nitrogens with one attached hydrogen (secondary N) is 2. The molecule has 0 aliphatic heterocycles. The molecule has 0 fully saturated rings. The van der Waals surface area contributed by atoms with E-state index in [9.17, 15) is 4.79 Å². The van der Waals surface area contributed by atoms with E-state index in [2.05, 4.69) is 20.5 Å². The Balaban J connectivity index is 1.66. The summed E-state index contributed by atoms with van der Waals surface area (Å²) in [4.78, 5) is 16.8. The quantitative estimate of drug-likeness (QED) is 0.570. The van der Waals surface area contributed by atoms with Gasteiger partial charge in [0, 0.05) is 10.6 Å². The number of carbonyl (C=O) groups excluding carboxylic acids is 1. The molecule has 5 nitrogen and oxygen atoms in total. The lowest BCUT2D eigenvalue weighted by atomic mass is 10.1. The Bertz CT molecular complexity index is 927. The van der Waals surface area contributed by atoms with Crippen molar-refractivity contribution in [1.82, 2.24) is 15.2 Å². The predicted molar refractivity (Wildman–Crippen MR) is 107 cm³/mol. The van der Waals surface area contributed by atoms with Crippen LogP contribution < -0.4 is 5.32 Å². The van der Waals surface area contributed by atoms with Gasteiger partial charge in [0.15, 0.2) is 5.82 Å². The Hall–Kier alpha value is -2.02. The van der Waals surface area contributed by atoms with E-state index in [0.29, 0.717) is 26.7 Å². The summed E-state index contributed by atoms with van der Waals surface area (Å²) in [5.74, 6) is 0.457. The van der Waals surface area contributed by atoms with Gasteiger partial charge in [-0.15, -0.1) is 5.10 Å². The van der Waals surface area contributed by atoms with Gasteiger partial charge in [-0.1, -0.05) is 64.8 Å². The van der Waals surface area contributed by atoms with Gasteiger partial charge in [0.2, 0.25) is 11.1 Å². The van der Waals surface area contributed by atoms with Crippen LogP contribution in [0.15, 0.2) is 47.6 Å². The smallest absolute Gasteiger partial charge is 0.237 e. The van der Waals surface area contributed by atoms with Crippen LogP contribution in [0.1, 0.15) is 12.5 Å². The fourth-order valence-electron chi connectivity index (χ4n) is 2.18. The Morgan fingerprint density at radius 2 is 1.92 bits per heavy atom. The maximum absolute atomic E-state index is 12.4. The summed E-state index contributed by atoms with van der Waals surface area (Å²) in [6.45, 7) is 3.80. The molecule has 8 heteroatoms. The van der Waals surface area contributed by atoms with E-state index in [-0.39, 0.29) is 5.91 Å². The Labute approximate surface area is 165 Å². The molecule has 0 saturated heterocycles. The molecule has 1 unspecified atom stereocenters. The fourth-order valence-corrected chi connectivity index (χ4v) is 3.24. The van der Waals surface area contributed by atoms with Crippen LogP contribution in [0, 0.1) is 6.92 Å². The molecule has 1 amide bonds. The first kappa shape index (κ1) is 18.8. The average Bonchev–Trinajstić information content (AvgIpc) is 3.07. The number of aromatic nitrogens is 3. The molecular formula is C18H16Cl2N4OS. The van der Waals surface area contributed by atoms with Crippen molar-refractivity contribution in [1.29, 1.82) is 0 Å². The lowest BCUT2D eigenvalue weighted by Gasteiger charge is -2.11. The zero-order valence-corrected chi connectivity index (χ0v) is 16.4. The van der Waals surface area contributed by atoms with Gasteiger partial charge in [-0.2, -0.15) is 0 Å². The van der Waals surface area contributed by atoms with Crippen LogP contribution in [0.5, 0.6) is 0 Å². The number of carbonyl (C=O) groups is 1. The van der Waals surface area contributed by atoms with E-state index in [4.69, 9.17) is 23.2 Å². The minimum absolute atomic E-state index is 0.208.